The van der Waals surface area contributed by atoms with Gasteiger partial charge in [0.15, 0.2) is 0 Å². The lowest BCUT2D eigenvalue weighted by Gasteiger charge is -2.40. The zero-order valence-electron chi connectivity index (χ0n) is 13.2. The van der Waals surface area contributed by atoms with Gasteiger partial charge in [-0.1, -0.05) is 0 Å². The van der Waals surface area contributed by atoms with E-state index in [9.17, 15) is 14.0 Å². The van der Waals surface area contributed by atoms with Gasteiger partial charge in [-0.05, 0) is 44.2 Å². The van der Waals surface area contributed by atoms with E-state index >= 15 is 0 Å². The van der Waals surface area contributed by atoms with E-state index in [1.807, 2.05) is 7.05 Å². The number of nitrogens with zero attached hydrogens (tertiary/aromatic N) is 1. The third-order valence-corrected chi connectivity index (χ3v) is 5.03. The topological polar surface area (TPSA) is 55.8 Å². The molecule has 0 radical (unpaired) electrons. The number of carbonyl (C=O) groups is 2. The first-order chi connectivity index (χ1) is 11.0. The van der Waals surface area contributed by atoms with Crippen molar-refractivity contribution in [2.75, 3.05) is 14.2 Å². The molecule has 2 bridgehead atoms. The number of carbonyl (C=O) groups excluding carboxylic acids is 2. The average molecular weight is 321 g/mol. The first kappa shape index (κ1) is 15.9. The highest BCUT2D eigenvalue weighted by molar-refractivity contribution is 5.89. The van der Waals surface area contributed by atoms with Crippen LogP contribution in [0.3, 0.4) is 0 Å². The molecule has 1 aromatic carbocycles. The Kier molecular flexibility index (Phi) is 4.35. The number of ether oxygens (including phenoxy) is 2. The lowest BCUT2D eigenvalue weighted by molar-refractivity contribution is -0.156. The van der Waals surface area contributed by atoms with E-state index in [0.29, 0.717) is 12.5 Å². The van der Waals surface area contributed by atoms with Crippen molar-refractivity contribution in [3.63, 3.8) is 0 Å². The largest absolute Gasteiger partial charge is 0.469 e. The van der Waals surface area contributed by atoms with Crippen LogP contribution in [0, 0.1) is 11.7 Å². The fourth-order valence-electron chi connectivity index (χ4n) is 3.78. The smallest absolute Gasteiger partial charge is 0.338 e. The fraction of sp³-hybridized carbons (Fsp3) is 0.529. The van der Waals surface area contributed by atoms with Crippen molar-refractivity contribution < 1.29 is 23.5 Å². The molecule has 3 rings (SSSR count). The molecule has 2 aliphatic heterocycles. The van der Waals surface area contributed by atoms with Crippen molar-refractivity contribution in [1.29, 1.82) is 0 Å². The van der Waals surface area contributed by atoms with Crippen LogP contribution in [-0.4, -0.2) is 49.2 Å². The van der Waals surface area contributed by atoms with Gasteiger partial charge in [-0.2, -0.15) is 0 Å². The van der Waals surface area contributed by atoms with E-state index in [0.717, 1.165) is 12.8 Å². The first-order valence-electron chi connectivity index (χ1n) is 7.77. The number of esters is 2. The Labute approximate surface area is 134 Å². The van der Waals surface area contributed by atoms with Gasteiger partial charge < -0.3 is 9.47 Å². The zero-order valence-corrected chi connectivity index (χ0v) is 13.2. The molecule has 5 nitrogen and oxygen atoms in total. The molecule has 0 aliphatic carbocycles. The zero-order chi connectivity index (χ0) is 16.6. The van der Waals surface area contributed by atoms with Gasteiger partial charge >= 0.3 is 11.9 Å². The van der Waals surface area contributed by atoms with Crippen LogP contribution in [0.5, 0.6) is 0 Å². The molecule has 4 atom stereocenters. The maximum atomic E-state index is 13.0. The Bertz CT molecular complexity index is 603. The maximum Gasteiger partial charge on any atom is 0.338 e. The average Bonchev–Trinajstić information content (AvgIpc) is 2.78. The van der Waals surface area contributed by atoms with Crippen LogP contribution in [0.1, 0.15) is 29.6 Å². The van der Waals surface area contributed by atoms with Crippen molar-refractivity contribution in [2.45, 2.75) is 37.5 Å². The summed E-state index contributed by atoms with van der Waals surface area (Å²) >= 11 is 0. The van der Waals surface area contributed by atoms with Crippen LogP contribution >= 0.6 is 0 Å². The molecule has 0 aromatic heterocycles. The summed E-state index contributed by atoms with van der Waals surface area (Å²) in [5.74, 6) is -1.77. The molecule has 0 N–H and O–H groups in total. The molecule has 6 heteroatoms. The van der Waals surface area contributed by atoms with Crippen LogP contribution in [0.15, 0.2) is 24.3 Å². The molecule has 0 spiro atoms. The van der Waals surface area contributed by atoms with Gasteiger partial charge in [0.05, 0.1) is 12.7 Å². The summed E-state index contributed by atoms with van der Waals surface area (Å²) in [5.41, 5.74) is 0.279. The third kappa shape index (κ3) is 2.95. The normalized spacial score (nSPS) is 30.0. The third-order valence-electron chi connectivity index (χ3n) is 5.03. The molecule has 2 unspecified atom stereocenters. The summed E-state index contributed by atoms with van der Waals surface area (Å²) in [6.07, 6.45) is 1.98. The summed E-state index contributed by atoms with van der Waals surface area (Å²) < 4.78 is 23.5. The molecule has 2 saturated heterocycles. The fourth-order valence-corrected chi connectivity index (χ4v) is 3.78. The van der Waals surface area contributed by atoms with Crippen molar-refractivity contribution in [1.82, 2.24) is 4.90 Å². The SMILES string of the molecule is COC(=O)[C@@H]1C2CCC(C[C@@H]1OC(=O)c1ccc(F)cc1)N2C. The minimum Gasteiger partial charge on any atom is -0.469 e. The van der Waals surface area contributed by atoms with Gasteiger partial charge in [0.2, 0.25) is 0 Å². The minimum absolute atomic E-state index is 0.0345. The Morgan fingerprint density at radius 2 is 1.91 bits per heavy atom. The molecule has 0 amide bonds. The highest BCUT2D eigenvalue weighted by Crippen LogP contribution is 2.40. The predicted octanol–water partition coefficient (Wildman–Crippen LogP) is 2.01. The second kappa shape index (κ2) is 6.28. The van der Waals surface area contributed by atoms with Crippen molar-refractivity contribution in [3.8, 4) is 0 Å². The lowest BCUT2D eigenvalue weighted by atomic mass is 9.87. The molecule has 1 aromatic rings. The number of hydrogen-bond donors (Lipinski definition) is 0. The second-order valence-electron chi connectivity index (χ2n) is 6.20. The van der Waals surface area contributed by atoms with Crippen molar-refractivity contribution in [2.24, 2.45) is 5.92 Å². The van der Waals surface area contributed by atoms with E-state index < -0.39 is 23.8 Å². The number of hydrogen-bond acceptors (Lipinski definition) is 5. The molecular weight excluding hydrogens is 301 g/mol. The van der Waals surface area contributed by atoms with Crippen LogP contribution in [0.4, 0.5) is 4.39 Å². The van der Waals surface area contributed by atoms with E-state index in [-0.39, 0.29) is 17.6 Å². The summed E-state index contributed by atoms with van der Waals surface area (Å²) in [7, 11) is 3.35. The predicted molar refractivity (Wildman–Crippen MR) is 80.3 cm³/mol. The van der Waals surface area contributed by atoms with Gasteiger partial charge in [0.25, 0.3) is 0 Å². The number of halogens is 1. The molecule has 2 heterocycles. The van der Waals surface area contributed by atoms with E-state index in [2.05, 4.69) is 4.90 Å². The van der Waals surface area contributed by atoms with Crippen LogP contribution in [-0.2, 0) is 14.3 Å². The van der Waals surface area contributed by atoms with Gasteiger partial charge in [-0.25, -0.2) is 9.18 Å². The Hall–Kier alpha value is -1.95. The van der Waals surface area contributed by atoms with Gasteiger partial charge in [-0.15, -0.1) is 0 Å². The number of fused-ring (bicyclic) bond motifs is 2. The van der Waals surface area contributed by atoms with Gasteiger partial charge in [0, 0.05) is 18.5 Å². The van der Waals surface area contributed by atoms with E-state index in [4.69, 9.17) is 9.47 Å². The van der Waals surface area contributed by atoms with Crippen molar-refractivity contribution in [3.05, 3.63) is 35.6 Å². The molecule has 0 saturated carbocycles. The number of piperidine rings is 1. The molecular formula is C17H20FNO4. The first-order valence-corrected chi connectivity index (χ1v) is 7.77. The van der Waals surface area contributed by atoms with Crippen LogP contribution in [0.2, 0.25) is 0 Å². The monoisotopic (exact) mass is 321 g/mol. The highest BCUT2D eigenvalue weighted by Gasteiger charge is 2.50. The summed E-state index contributed by atoms with van der Waals surface area (Å²) in [6, 6.07) is 5.54. The quantitative estimate of drug-likeness (QED) is 0.797. The Morgan fingerprint density at radius 1 is 1.22 bits per heavy atom. The number of rotatable bonds is 3. The summed E-state index contributed by atoms with van der Waals surface area (Å²) in [4.78, 5) is 26.7. The van der Waals surface area contributed by atoms with Gasteiger partial charge in [0.1, 0.15) is 17.8 Å². The minimum atomic E-state index is -0.534. The van der Waals surface area contributed by atoms with Gasteiger partial charge in [-0.3, -0.25) is 9.69 Å². The Morgan fingerprint density at radius 3 is 2.57 bits per heavy atom. The summed E-state index contributed by atoms with van der Waals surface area (Å²) in [5, 5.41) is 0. The lowest BCUT2D eigenvalue weighted by Crippen LogP contribution is -2.53. The summed E-state index contributed by atoms with van der Waals surface area (Å²) in [6.45, 7) is 0. The molecule has 2 fully saturated rings. The molecule has 2 aliphatic rings. The van der Waals surface area contributed by atoms with Crippen LogP contribution in [0.25, 0.3) is 0 Å². The van der Waals surface area contributed by atoms with Crippen LogP contribution < -0.4 is 0 Å². The highest BCUT2D eigenvalue weighted by atomic mass is 19.1. The molecule has 124 valence electrons. The van der Waals surface area contributed by atoms with E-state index in [1.54, 1.807) is 0 Å². The second-order valence-corrected chi connectivity index (χ2v) is 6.20. The number of benzene rings is 1. The standard InChI is InChI=1S/C17H20FNO4/c1-19-12-7-8-13(19)15(17(21)22-2)14(9-12)23-16(20)10-3-5-11(18)6-4-10/h3-6,12-15H,7-9H2,1-2H3/t12?,13?,14-,15+/m0/s1. The molecule has 23 heavy (non-hydrogen) atoms. The van der Waals surface area contributed by atoms with E-state index in [1.165, 1.54) is 31.4 Å². The van der Waals surface area contributed by atoms with Crippen molar-refractivity contribution >= 4 is 11.9 Å². The Balaban J connectivity index is 1.78. The maximum absolute atomic E-state index is 13.0. The number of methoxy groups -OCH3 is 1.